The van der Waals surface area contributed by atoms with Crippen LogP contribution in [0.1, 0.15) is 96.3 Å². The van der Waals surface area contributed by atoms with Gasteiger partial charge in [-0.1, -0.05) is 70.6 Å². The van der Waals surface area contributed by atoms with Crippen molar-refractivity contribution < 1.29 is 9.59 Å². The molecule has 26 heavy (non-hydrogen) atoms. The first-order valence-corrected chi connectivity index (χ1v) is 10.6. The van der Waals surface area contributed by atoms with Crippen molar-refractivity contribution in [3.8, 4) is 0 Å². The van der Waals surface area contributed by atoms with Gasteiger partial charge in [0.15, 0.2) is 0 Å². The molecule has 0 fully saturated rings. The van der Waals surface area contributed by atoms with Crippen LogP contribution in [0.2, 0.25) is 0 Å². The van der Waals surface area contributed by atoms with E-state index in [0.717, 1.165) is 25.9 Å². The molecule has 0 spiro atoms. The Morgan fingerprint density at radius 2 is 1.12 bits per heavy atom. The lowest BCUT2D eigenvalue weighted by molar-refractivity contribution is -0.121. The van der Waals surface area contributed by atoms with Crippen LogP contribution >= 0.6 is 0 Å². The monoisotopic (exact) mass is 370 g/mol. The molecule has 0 unspecified atom stereocenters. The molecule has 0 aromatic rings. The Bertz CT molecular complexity index is 351. The SMILES string of the molecule is NCCCCCCCCCCCCCCCN[C@@H](CCC(N)=O)C(N)=O. The van der Waals surface area contributed by atoms with E-state index in [2.05, 4.69) is 5.32 Å². The van der Waals surface area contributed by atoms with Gasteiger partial charge >= 0.3 is 0 Å². The van der Waals surface area contributed by atoms with Gasteiger partial charge in [0.1, 0.15) is 0 Å². The molecular weight excluding hydrogens is 328 g/mol. The summed E-state index contributed by atoms with van der Waals surface area (Å²) in [5.41, 5.74) is 15.9. The molecule has 0 radical (unpaired) electrons. The van der Waals surface area contributed by atoms with Crippen molar-refractivity contribution in [3.63, 3.8) is 0 Å². The Hall–Kier alpha value is -1.14. The molecule has 0 rings (SSSR count). The Labute approximate surface area is 160 Å². The molecule has 6 heteroatoms. The smallest absolute Gasteiger partial charge is 0.234 e. The van der Waals surface area contributed by atoms with Crippen LogP contribution < -0.4 is 22.5 Å². The van der Waals surface area contributed by atoms with E-state index >= 15 is 0 Å². The largest absolute Gasteiger partial charge is 0.370 e. The molecule has 0 aromatic carbocycles. The van der Waals surface area contributed by atoms with Gasteiger partial charge in [-0.25, -0.2) is 0 Å². The molecule has 6 nitrogen and oxygen atoms in total. The minimum Gasteiger partial charge on any atom is -0.370 e. The van der Waals surface area contributed by atoms with E-state index in [-0.39, 0.29) is 6.42 Å². The molecule has 7 N–H and O–H groups in total. The van der Waals surface area contributed by atoms with E-state index in [0.29, 0.717) is 6.42 Å². The van der Waals surface area contributed by atoms with Gasteiger partial charge in [0, 0.05) is 6.42 Å². The van der Waals surface area contributed by atoms with Gasteiger partial charge in [-0.05, 0) is 32.4 Å². The number of primary amides is 2. The molecule has 0 aromatic heterocycles. The average molecular weight is 371 g/mol. The summed E-state index contributed by atoms with van der Waals surface area (Å²) < 4.78 is 0. The topological polar surface area (TPSA) is 124 Å². The number of nitrogens with two attached hydrogens (primary N) is 3. The number of rotatable bonds is 20. The lowest BCUT2D eigenvalue weighted by Gasteiger charge is -2.14. The predicted molar refractivity (Wildman–Crippen MR) is 108 cm³/mol. The van der Waals surface area contributed by atoms with Crippen molar-refractivity contribution in [2.45, 2.75) is 102 Å². The highest BCUT2D eigenvalue weighted by Crippen LogP contribution is 2.12. The highest BCUT2D eigenvalue weighted by atomic mass is 16.1. The Morgan fingerprint density at radius 1 is 0.692 bits per heavy atom. The second kappa shape index (κ2) is 18.6. The second-order valence-corrected chi connectivity index (χ2v) is 7.30. The van der Waals surface area contributed by atoms with Crippen LogP contribution in [0.25, 0.3) is 0 Å². The van der Waals surface area contributed by atoms with Crippen molar-refractivity contribution in [1.82, 2.24) is 5.32 Å². The Kier molecular flexibility index (Phi) is 17.8. The number of hydrogen-bond donors (Lipinski definition) is 4. The quantitative estimate of drug-likeness (QED) is 0.246. The summed E-state index contributed by atoms with van der Waals surface area (Å²) in [6, 6.07) is -0.446. The van der Waals surface area contributed by atoms with Crippen molar-refractivity contribution in [2.75, 3.05) is 13.1 Å². The van der Waals surface area contributed by atoms with E-state index in [1.165, 1.54) is 70.6 Å². The highest BCUT2D eigenvalue weighted by Gasteiger charge is 2.14. The minimum atomic E-state index is -0.446. The fourth-order valence-electron chi connectivity index (χ4n) is 3.12. The standard InChI is InChI=1S/C20H42N4O2/c21-16-12-10-8-6-4-2-1-3-5-7-9-11-13-17-24-18(20(23)26)14-15-19(22)25/h18,24H,1-17,21H2,(H2,22,25)(H2,23,26)/t18-/m0/s1. The number of nitrogens with one attached hydrogen (secondary N) is 1. The molecule has 0 saturated carbocycles. The first-order chi connectivity index (χ1) is 12.6. The maximum absolute atomic E-state index is 11.3. The lowest BCUT2D eigenvalue weighted by Crippen LogP contribution is -2.42. The number of unbranched alkanes of at least 4 members (excludes halogenated alkanes) is 12. The molecule has 1 atom stereocenters. The van der Waals surface area contributed by atoms with Crippen molar-refractivity contribution in [3.05, 3.63) is 0 Å². The van der Waals surface area contributed by atoms with Crippen molar-refractivity contribution >= 4 is 11.8 Å². The lowest BCUT2D eigenvalue weighted by atomic mass is 10.0. The van der Waals surface area contributed by atoms with Crippen LogP contribution in [-0.4, -0.2) is 30.9 Å². The fraction of sp³-hybridized carbons (Fsp3) is 0.900. The summed E-state index contributed by atoms with van der Waals surface area (Å²) in [4.78, 5) is 22.1. The minimum absolute atomic E-state index is 0.189. The zero-order chi connectivity index (χ0) is 19.5. The first-order valence-electron chi connectivity index (χ1n) is 10.6. The number of amides is 2. The van der Waals surface area contributed by atoms with E-state index < -0.39 is 17.9 Å². The van der Waals surface area contributed by atoms with Gasteiger partial charge in [-0.15, -0.1) is 0 Å². The summed E-state index contributed by atoms with van der Waals surface area (Å²) in [5, 5.41) is 3.13. The number of carbonyl (C=O) groups is 2. The van der Waals surface area contributed by atoms with Crippen LogP contribution in [0, 0.1) is 0 Å². The van der Waals surface area contributed by atoms with Gasteiger partial charge in [-0.3, -0.25) is 9.59 Å². The van der Waals surface area contributed by atoms with E-state index in [9.17, 15) is 9.59 Å². The molecule has 0 aliphatic carbocycles. The fourth-order valence-corrected chi connectivity index (χ4v) is 3.12. The van der Waals surface area contributed by atoms with Crippen LogP contribution in [0.15, 0.2) is 0 Å². The third-order valence-corrected chi connectivity index (χ3v) is 4.79. The molecule has 154 valence electrons. The molecule has 2 amide bonds. The zero-order valence-corrected chi connectivity index (χ0v) is 16.6. The van der Waals surface area contributed by atoms with Gasteiger partial charge in [0.25, 0.3) is 0 Å². The first kappa shape index (κ1) is 24.9. The molecular formula is C20H42N4O2. The maximum Gasteiger partial charge on any atom is 0.234 e. The van der Waals surface area contributed by atoms with E-state index in [1.54, 1.807) is 0 Å². The summed E-state index contributed by atoms with van der Waals surface area (Å²) in [7, 11) is 0. The van der Waals surface area contributed by atoms with Crippen molar-refractivity contribution in [1.29, 1.82) is 0 Å². The molecule has 0 saturated heterocycles. The summed E-state index contributed by atoms with van der Waals surface area (Å²) in [6.45, 7) is 1.59. The van der Waals surface area contributed by atoms with Crippen LogP contribution in [0.4, 0.5) is 0 Å². The number of carbonyl (C=O) groups excluding carboxylic acids is 2. The summed E-state index contributed by atoms with van der Waals surface area (Å²) >= 11 is 0. The van der Waals surface area contributed by atoms with Crippen LogP contribution in [0.5, 0.6) is 0 Å². The highest BCUT2D eigenvalue weighted by molar-refractivity contribution is 5.81. The Morgan fingerprint density at radius 3 is 1.50 bits per heavy atom. The average Bonchev–Trinajstić information content (AvgIpc) is 2.60. The molecule has 0 heterocycles. The maximum atomic E-state index is 11.3. The second-order valence-electron chi connectivity index (χ2n) is 7.30. The van der Waals surface area contributed by atoms with Gasteiger partial charge in [0.2, 0.25) is 11.8 Å². The van der Waals surface area contributed by atoms with Crippen LogP contribution in [0.3, 0.4) is 0 Å². The van der Waals surface area contributed by atoms with Gasteiger partial charge < -0.3 is 22.5 Å². The summed E-state index contributed by atoms with van der Waals surface area (Å²) in [5.74, 6) is -0.810. The predicted octanol–water partition coefficient (Wildman–Crippen LogP) is 2.73. The summed E-state index contributed by atoms with van der Waals surface area (Å²) in [6.07, 6.45) is 17.2. The van der Waals surface area contributed by atoms with Crippen LogP contribution in [-0.2, 0) is 9.59 Å². The third-order valence-electron chi connectivity index (χ3n) is 4.79. The van der Waals surface area contributed by atoms with Crippen molar-refractivity contribution in [2.24, 2.45) is 17.2 Å². The Balaban J connectivity index is 3.32. The van der Waals surface area contributed by atoms with Gasteiger partial charge in [-0.2, -0.15) is 0 Å². The van der Waals surface area contributed by atoms with E-state index in [1.807, 2.05) is 0 Å². The molecule has 0 aliphatic heterocycles. The van der Waals surface area contributed by atoms with Gasteiger partial charge in [0.05, 0.1) is 6.04 Å². The molecule has 0 bridgehead atoms. The van der Waals surface area contributed by atoms with E-state index in [4.69, 9.17) is 17.2 Å². The third kappa shape index (κ3) is 17.7. The zero-order valence-electron chi connectivity index (χ0n) is 16.6. The normalized spacial score (nSPS) is 12.2. The number of hydrogen-bond acceptors (Lipinski definition) is 4. The molecule has 0 aliphatic rings.